The summed E-state index contributed by atoms with van der Waals surface area (Å²) in [6.45, 7) is 4.11. The summed E-state index contributed by atoms with van der Waals surface area (Å²) >= 11 is 0. The molecule has 0 aromatic carbocycles. The molecule has 0 spiro atoms. The summed E-state index contributed by atoms with van der Waals surface area (Å²) < 4.78 is 13.1. The van der Waals surface area contributed by atoms with Crippen LogP contribution in [0.25, 0.3) is 0 Å². The van der Waals surface area contributed by atoms with Gasteiger partial charge in [-0.05, 0) is 18.9 Å². The van der Waals surface area contributed by atoms with E-state index in [0.29, 0.717) is 0 Å². The number of nitrogens with zero attached hydrogens (tertiary/aromatic N) is 2. The Morgan fingerprint density at radius 1 is 1.44 bits per heavy atom. The average molecular weight is 254 g/mol. The lowest BCUT2D eigenvalue weighted by atomic mass is 10.1. The summed E-state index contributed by atoms with van der Waals surface area (Å²) in [6, 6.07) is 1.22. The van der Waals surface area contributed by atoms with Crippen molar-refractivity contribution in [3.05, 3.63) is 29.8 Å². The zero-order chi connectivity index (χ0) is 13.5. The molecule has 1 rings (SSSR count). The van der Waals surface area contributed by atoms with Crippen LogP contribution < -0.4 is 0 Å². The number of halogens is 1. The number of rotatable bonds is 6. The van der Waals surface area contributed by atoms with Gasteiger partial charge in [0.25, 0.3) is 5.91 Å². The van der Waals surface area contributed by atoms with Crippen LogP contribution in [0.3, 0.4) is 0 Å². The second-order valence-corrected chi connectivity index (χ2v) is 4.08. The van der Waals surface area contributed by atoms with Gasteiger partial charge in [-0.15, -0.1) is 0 Å². The Hall–Kier alpha value is -1.49. The summed E-state index contributed by atoms with van der Waals surface area (Å²) in [7, 11) is 0. The van der Waals surface area contributed by atoms with E-state index >= 15 is 0 Å². The van der Waals surface area contributed by atoms with E-state index in [0.717, 1.165) is 19.0 Å². The molecule has 1 heterocycles. The average Bonchev–Trinajstić information content (AvgIpc) is 2.38. The van der Waals surface area contributed by atoms with Gasteiger partial charge >= 0.3 is 0 Å². The van der Waals surface area contributed by atoms with Crippen molar-refractivity contribution < 1.29 is 14.3 Å². The van der Waals surface area contributed by atoms with Crippen molar-refractivity contribution in [3.63, 3.8) is 0 Å². The van der Waals surface area contributed by atoms with E-state index in [9.17, 15) is 9.18 Å². The molecule has 18 heavy (non-hydrogen) atoms. The van der Waals surface area contributed by atoms with E-state index in [2.05, 4.69) is 4.98 Å². The van der Waals surface area contributed by atoms with Gasteiger partial charge in [0, 0.05) is 18.8 Å². The molecule has 4 nitrogen and oxygen atoms in total. The third-order valence-corrected chi connectivity index (χ3v) is 2.94. The fourth-order valence-corrected chi connectivity index (χ4v) is 1.98. The maximum atomic E-state index is 13.1. The number of aliphatic hydroxyl groups excluding tert-OH is 1. The number of carbonyl (C=O) groups is 1. The molecule has 1 aromatic heterocycles. The van der Waals surface area contributed by atoms with Crippen LogP contribution in [0.5, 0.6) is 0 Å². The third-order valence-electron chi connectivity index (χ3n) is 2.94. The van der Waals surface area contributed by atoms with Gasteiger partial charge in [0.15, 0.2) is 0 Å². The summed E-state index contributed by atoms with van der Waals surface area (Å²) in [5.74, 6) is -0.820. The monoisotopic (exact) mass is 254 g/mol. The standard InChI is InChI=1S/C13H19FN2O2/c1-3-12(4-2)16(5-6-17)13(18)10-7-11(14)9-15-8-10/h7-9,12,17H,3-6H2,1-2H3. The Kier molecular flexibility index (Phi) is 5.71. The van der Waals surface area contributed by atoms with Crippen LogP contribution >= 0.6 is 0 Å². The van der Waals surface area contributed by atoms with Crippen LogP contribution in [0.4, 0.5) is 4.39 Å². The van der Waals surface area contributed by atoms with E-state index in [-0.39, 0.29) is 30.7 Å². The van der Waals surface area contributed by atoms with Gasteiger partial charge in [-0.3, -0.25) is 9.78 Å². The molecule has 0 fully saturated rings. The zero-order valence-corrected chi connectivity index (χ0v) is 10.8. The van der Waals surface area contributed by atoms with Crippen LogP contribution in [-0.4, -0.2) is 40.1 Å². The fraction of sp³-hybridized carbons (Fsp3) is 0.538. The molecule has 0 bridgehead atoms. The highest BCUT2D eigenvalue weighted by Crippen LogP contribution is 2.13. The van der Waals surface area contributed by atoms with E-state index < -0.39 is 5.82 Å². The first kappa shape index (κ1) is 14.6. The Morgan fingerprint density at radius 3 is 2.61 bits per heavy atom. The molecule has 0 saturated heterocycles. The maximum absolute atomic E-state index is 13.1. The molecule has 1 N–H and O–H groups in total. The Labute approximate surface area is 106 Å². The molecular formula is C13H19FN2O2. The lowest BCUT2D eigenvalue weighted by Crippen LogP contribution is -2.41. The summed E-state index contributed by atoms with van der Waals surface area (Å²) in [5, 5.41) is 9.04. The van der Waals surface area contributed by atoms with Gasteiger partial charge in [-0.25, -0.2) is 4.39 Å². The van der Waals surface area contributed by atoms with Crippen molar-refractivity contribution in [2.45, 2.75) is 32.7 Å². The van der Waals surface area contributed by atoms with E-state index in [1.54, 1.807) is 4.90 Å². The van der Waals surface area contributed by atoms with E-state index in [1.807, 2.05) is 13.8 Å². The Balaban J connectivity index is 2.95. The van der Waals surface area contributed by atoms with Gasteiger partial charge in [0.05, 0.1) is 18.4 Å². The molecular weight excluding hydrogens is 235 g/mol. The topological polar surface area (TPSA) is 53.4 Å². The first-order valence-electron chi connectivity index (χ1n) is 6.16. The molecule has 5 heteroatoms. The number of aromatic nitrogens is 1. The number of hydrogen-bond acceptors (Lipinski definition) is 3. The zero-order valence-electron chi connectivity index (χ0n) is 10.8. The van der Waals surface area contributed by atoms with Crippen LogP contribution in [0, 0.1) is 5.82 Å². The normalized spacial score (nSPS) is 10.7. The van der Waals surface area contributed by atoms with Crippen LogP contribution in [0.15, 0.2) is 18.5 Å². The third kappa shape index (κ3) is 3.50. The molecule has 0 unspecified atom stereocenters. The Bertz CT molecular complexity index is 394. The first-order valence-corrected chi connectivity index (χ1v) is 6.16. The van der Waals surface area contributed by atoms with E-state index in [1.165, 1.54) is 12.3 Å². The van der Waals surface area contributed by atoms with Crippen molar-refractivity contribution in [2.75, 3.05) is 13.2 Å². The molecule has 0 saturated carbocycles. The number of hydrogen-bond donors (Lipinski definition) is 1. The highest BCUT2D eigenvalue weighted by molar-refractivity contribution is 5.94. The maximum Gasteiger partial charge on any atom is 0.255 e. The van der Waals surface area contributed by atoms with Crippen molar-refractivity contribution in [1.82, 2.24) is 9.88 Å². The largest absolute Gasteiger partial charge is 0.395 e. The molecule has 100 valence electrons. The van der Waals surface area contributed by atoms with Crippen LogP contribution in [0.2, 0.25) is 0 Å². The number of carbonyl (C=O) groups excluding carboxylic acids is 1. The lowest BCUT2D eigenvalue weighted by Gasteiger charge is -2.30. The van der Waals surface area contributed by atoms with E-state index in [4.69, 9.17) is 5.11 Å². The second kappa shape index (κ2) is 7.06. The van der Waals surface area contributed by atoms with Crippen molar-refractivity contribution in [2.24, 2.45) is 0 Å². The van der Waals surface area contributed by atoms with Crippen molar-refractivity contribution in [3.8, 4) is 0 Å². The first-order chi connectivity index (χ1) is 8.63. The molecule has 0 atom stereocenters. The van der Waals surface area contributed by atoms with Gasteiger partial charge in [0.2, 0.25) is 0 Å². The number of amides is 1. The van der Waals surface area contributed by atoms with Gasteiger partial charge < -0.3 is 10.0 Å². The molecule has 0 aliphatic carbocycles. The lowest BCUT2D eigenvalue weighted by molar-refractivity contribution is 0.0621. The molecule has 1 aromatic rings. The fourth-order valence-electron chi connectivity index (χ4n) is 1.98. The Morgan fingerprint density at radius 2 is 2.11 bits per heavy atom. The van der Waals surface area contributed by atoms with Gasteiger partial charge in [-0.1, -0.05) is 13.8 Å². The number of aliphatic hydroxyl groups is 1. The summed E-state index contributed by atoms with van der Waals surface area (Å²) in [4.78, 5) is 17.5. The minimum Gasteiger partial charge on any atom is -0.395 e. The van der Waals surface area contributed by atoms with Crippen LogP contribution in [0.1, 0.15) is 37.0 Å². The molecule has 0 aliphatic heterocycles. The quantitative estimate of drug-likeness (QED) is 0.842. The number of pyridine rings is 1. The van der Waals surface area contributed by atoms with Gasteiger partial charge in [0.1, 0.15) is 5.82 Å². The molecule has 1 amide bonds. The highest BCUT2D eigenvalue weighted by atomic mass is 19.1. The molecule has 0 aliphatic rings. The minimum absolute atomic E-state index is 0.0490. The molecule has 0 radical (unpaired) electrons. The van der Waals surface area contributed by atoms with Gasteiger partial charge in [-0.2, -0.15) is 0 Å². The van der Waals surface area contributed by atoms with Crippen molar-refractivity contribution in [1.29, 1.82) is 0 Å². The predicted molar refractivity (Wildman–Crippen MR) is 66.7 cm³/mol. The smallest absolute Gasteiger partial charge is 0.255 e. The van der Waals surface area contributed by atoms with Crippen molar-refractivity contribution >= 4 is 5.91 Å². The highest BCUT2D eigenvalue weighted by Gasteiger charge is 2.22. The second-order valence-electron chi connectivity index (χ2n) is 4.08. The predicted octanol–water partition coefficient (Wildman–Crippen LogP) is 1.84. The summed E-state index contributed by atoms with van der Waals surface area (Å²) in [6.07, 6.45) is 4.00. The van der Waals surface area contributed by atoms with Crippen LogP contribution in [-0.2, 0) is 0 Å². The summed E-state index contributed by atoms with van der Waals surface area (Å²) in [5.41, 5.74) is 0.218. The minimum atomic E-state index is -0.533. The SMILES string of the molecule is CCC(CC)N(CCO)C(=O)c1cncc(F)c1.